The summed E-state index contributed by atoms with van der Waals surface area (Å²) in [5, 5.41) is 2.06. The number of hydrogen-bond acceptors (Lipinski definition) is 2. The minimum absolute atomic E-state index is 0.966. The quantitative estimate of drug-likeness (QED) is 0.661. The van der Waals surface area contributed by atoms with Gasteiger partial charge in [0, 0.05) is 16.9 Å². The SMILES string of the molecule is Brc1ccn2cc(-c3cccs3)nc2c1. The highest BCUT2D eigenvalue weighted by Crippen LogP contribution is 2.24. The van der Waals surface area contributed by atoms with Gasteiger partial charge in [-0.1, -0.05) is 22.0 Å². The number of aromatic nitrogens is 2. The maximum Gasteiger partial charge on any atom is 0.138 e. The van der Waals surface area contributed by atoms with Gasteiger partial charge >= 0.3 is 0 Å². The molecule has 0 saturated carbocycles. The van der Waals surface area contributed by atoms with Gasteiger partial charge in [-0.3, -0.25) is 0 Å². The lowest BCUT2D eigenvalue weighted by atomic mass is 10.4. The third-order valence-corrected chi connectivity index (χ3v) is 3.58. The topological polar surface area (TPSA) is 17.3 Å². The monoisotopic (exact) mass is 278 g/mol. The molecule has 0 amide bonds. The first kappa shape index (κ1) is 9.12. The molecule has 0 bridgehead atoms. The summed E-state index contributed by atoms with van der Waals surface area (Å²) in [7, 11) is 0. The largest absolute Gasteiger partial charge is 0.306 e. The lowest BCUT2D eigenvalue weighted by Crippen LogP contribution is -1.79. The van der Waals surface area contributed by atoms with E-state index in [1.807, 2.05) is 35.0 Å². The number of fused-ring (bicyclic) bond motifs is 1. The van der Waals surface area contributed by atoms with Crippen LogP contribution in [-0.2, 0) is 0 Å². The summed E-state index contributed by atoms with van der Waals surface area (Å²) in [6.07, 6.45) is 4.05. The zero-order valence-electron chi connectivity index (χ0n) is 7.72. The van der Waals surface area contributed by atoms with Crippen LogP contribution in [0.15, 0.2) is 46.5 Å². The number of imidazole rings is 1. The molecule has 0 aliphatic rings. The first-order valence-electron chi connectivity index (χ1n) is 4.51. The van der Waals surface area contributed by atoms with Crippen LogP contribution in [0, 0.1) is 0 Å². The Morgan fingerprint density at radius 2 is 2.27 bits per heavy atom. The van der Waals surface area contributed by atoms with Crippen LogP contribution in [-0.4, -0.2) is 9.38 Å². The summed E-state index contributed by atoms with van der Waals surface area (Å²) in [5.74, 6) is 0. The van der Waals surface area contributed by atoms with Crippen molar-refractivity contribution in [3.05, 3.63) is 46.5 Å². The van der Waals surface area contributed by atoms with Crippen molar-refractivity contribution in [1.82, 2.24) is 9.38 Å². The molecule has 0 fully saturated rings. The molecule has 0 atom stereocenters. The van der Waals surface area contributed by atoms with E-state index in [1.54, 1.807) is 11.3 Å². The fraction of sp³-hybridized carbons (Fsp3) is 0. The van der Waals surface area contributed by atoms with Crippen molar-refractivity contribution < 1.29 is 0 Å². The maximum atomic E-state index is 4.56. The summed E-state index contributed by atoms with van der Waals surface area (Å²) in [6, 6.07) is 8.14. The molecule has 0 aromatic carbocycles. The molecule has 3 rings (SSSR count). The third-order valence-electron chi connectivity index (χ3n) is 2.20. The van der Waals surface area contributed by atoms with E-state index in [1.165, 1.54) is 4.88 Å². The second kappa shape index (κ2) is 3.47. The number of hydrogen-bond donors (Lipinski definition) is 0. The van der Waals surface area contributed by atoms with Gasteiger partial charge < -0.3 is 4.40 Å². The smallest absolute Gasteiger partial charge is 0.138 e. The highest BCUT2D eigenvalue weighted by Gasteiger charge is 2.04. The molecule has 4 heteroatoms. The van der Waals surface area contributed by atoms with Crippen molar-refractivity contribution >= 4 is 32.9 Å². The summed E-state index contributed by atoms with van der Waals surface area (Å²) >= 11 is 5.15. The Bertz CT molecular complexity index is 598. The minimum atomic E-state index is 0.966. The van der Waals surface area contributed by atoms with Gasteiger partial charge in [0.15, 0.2) is 0 Å². The van der Waals surface area contributed by atoms with E-state index >= 15 is 0 Å². The predicted octanol–water partition coefficient (Wildman–Crippen LogP) is 3.83. The first-order chi connectivity index (χ1) is 7.33. The summed E-state index contributed by atoms with van der Waals surface area (Å²) in [5.41, 5.74) is 2.00. The van der Waals surface area contributed by atoms with Gasteiger partial charge in [-0.2, -0.15) is 0 Å². The molecule has 3 aromatic heterocycles. The average Bonchev–Trinajstić information content (AvgIpc) is 2.84. The fourth-order valence-electron chi connectivity index (χ4n) is 1.50. The lowest BCUT2D eigenvalue weighted by molar-refractivity contribution is 1.18. The van der Waals surface area contributed by atoms with E-state index in [9.17, 15) is 0 Å². The Balaban J connectivity index is 2.22. The van der Waals surface area contributed by atoms with Crippen molar-refractivity contribution in [3.8, 4) is 10.6 Å². The van der Waals surface area contributed by atoms with Crippen LogP contribution in [0.3, 0.4) is 0 Å². The van der Waals surface area contributed by atoms with Gasteiger partial charge in [0.1, 0.15) is 5.65 Å². The molecule has 0 unspecified atom stereocenters. The van der Waals surface area contributed by atoms with E-state index in [2.05, 4.69) is 32.4 Å². The second-order valence-corrected chi connectivity index (χ2v) is 5.08. The molecule has 3 aromatic rings. The highest BCUT2D eigenvalue weighted by atomic mass is 79.9. The normalized spacial score (nSPS) is 11.0. The Morgan fingerprint density at radius 3 is 3.07 bits per heavy atom. The Labute approximate surface area is 99.3 Å². The van der Waals surface area contributed by atoms with Crippen LogP contribution in [0.25, 0.3) is 16.2 Å². The van der Waals surface area contributed by atoms with Gasteiger partial charge in [0.05, 0.1) is 10.6 Å². The number of thiophene rings is 1. The maximum absolute atomic E-state index is 4.56. The first-order valence-corrected chi connectivity index (χ1v) is 6.18. The fourth-order valence-corrected chi connectivity index (χ4v) is 2.50. The van der Waals surface area contributed by atoms with Crippen LogP contribution in [0.2, 0.25) is 0 Å². The van der Waals surface area contributed by atoms with Gasteiger partial charge in [-0.05, 0) is 23.6 Å². The van der Waals surface area contributed by atoms with Crippen molar-refractivity contribution in [3.63, 3.8) is 0 Å². The average molecular weight is 279 g/mol. The summed E-state index contributed by atoms with van der Waals surface area (Å²) < 4.78 is 3.08. The molecular formula is C11H7BrN2S. The molecule has 74 valence electrons. The zero-order chi connectivity index (χ0) is 10.3. The van der Waals surface area contributed by atoms with Gasteiger partial charge in [0.2, 0.25) is 0 Å². The van der Waals surface area contributed by atoms with Crippen LogP contribution >= 0.6 is 27.3 Å². The molecular weight excluding hydrogens is 272 g/mol. The van der Waals surface area contributed by atoms with Gasteiger partial charge in [-0.25, -0.2) is 4.98 Å². The highest BCUT2D eigenvalue weighted by molar-refractivity contribution is 9.10. The van der Waals surface area contributed by atoms with E-state index in [0.29, 0.717) is 0 Å². The molecule has 0 N–H and O–H groups in total. The van der Waals surface area contributed by atoms with E-state index < -0.39 is 0 Å². The van der Waals surface area contributed by atoms with Crippen molar-refractivity contribution in [1.29, 1.82) is 0 Å². The predicted molar refractivity (Wildman–Crippen MR) is 66.2 cm³/mol. The van der Waals surface area contributed by atoms with Crippen molar-refractivity contribution in [2.45, 2.75) is 0 Å². The molecule has 0 aliphatic heterocycles. The molecule has 0 spiro atoms. The molecule has 15 heavy (non-hydrogen) atoms. The zero-order valence-corrected chi connectivity index (χ0v) is 10.1. The molecule has 0 saturated heterocycles. The molecule has 3 heterocycles. The molecule has 2 nitrogen and oxygen atoms in total. The van der Waals surface area contributed by atoms with Gasteiger partial charge in [-0.15, -0.1) is 11.3 Å². The Kier molecular flexibility index (Phi) is 2.11. The van der Waals surface area contributed by atoms with Crippen LogP contribution in [0.5, 0.6) is 0 Å². The lowest BCUT2D eigenvalue weighted by Gasteiger charge is -1.91. The summed E-state index contributed by atoms with van der Waals surface area (Å²) in [4.78, 5) is 5.76. The Morgan fingerprint density at radius 1 is 1.33 bits per heavy atom. The Hall–Kier alpha value is -1.13. The van der Waals surface area contributed by atoms with Crippen LogP contribution < -0.4 is 0 Å². The molecule has 0 aliphatic carbocycles. The summed E-state index contributed by atoms with van der Waals surface area (Å²) in [6.45, 7) is 0. The molecule has 0 radical (unpaired) electrons. The number of pyridine rings is 1. The van der Waals surface area contributed by atoms with Crippen molar-refractivity contribution in [2.24, 2.45) is 0 Å². The number of nitrogens with zero attached hydrogens (tertiary/aromatic N) is 2. The third kappa shape index (κ3) is 1.60. The van der Waals surface area contributed by atoms with E-state index in [4.69, 9.17) is 0 Å². The minimum Gasteiger partial charge on any atom is -0.306 e. The van der Waals surface area contributed by atoms with Crippen LogP contribution in [0.1, 0.15) is 0 Å². The second-order valence-electron chi connectivity index (χ2n) is 3.21. The number of rotatable bonds is 1. The number of halogens is 1. The standard InChI is InChI=1S/C11H7BrN2S/c12-8-3-4-14-7-9(13-11(14)6-8)10-2-1-5-15-10/h1-7H. The van der Waals surface area contributed by atoms with Gasteiger partial charge in [0.25, 0.3) is 0 Å². The van der Waals surface area contributed by atoms with Crippen molar-refractivity contribution in [2.75, 3.05) is 0 Å². The van der Waals surface area contributed by atoms with E-state index in [-0.39, 0.29) is 0 Å². The van der Waals surface area contributed by atoms with Crippen LogP contribution in [0.4, 0.5) is 0 Å². The van der Waals surface area contributed by atoms with E-state index in [0.717, 1.165) is 15.8 Å².